The van der Waals surface area contributed by atoms with Gasteiger partial charge in [0, 0.05) is 29.0 Å². The zero-order chi connectivity index (χ0) is 21.4. The first kappa shape index (κ1) is 20.6. The maximum absolute atomic E-state index is 13.2. The third-order valence-corrected chi connectivity index (χ3v) is 9.22. The van der Waals surface area contributed by atoms with Crippen LogP contribution in [0.25, 0.3) is 10.9 Å². The number of thiophene rings is 1. The second-order valence-electron chi connectivity index (χ2n) is 7.70. The van der Waals surface area contributed by atoms with Crippen molar-refractivity contribution < 1.29 is 17.9 Å². The molecule has 7 nitrogen and oxygen atoms in total. The van der Waals surface area contributed by atoms with Crippen LogP contribution in [-0.2, 0) is 34.1 Å². The van der Waals surface area contributed by atoms with E-state index in [2.05, 4.69) is 5.32 Å². The van der Waals surface area contributed by atoms with Gasteiger partial charge in [-0.15, -0.1) is 11.3 Å². The van der Waals surface area contributed by atoms with E-state index in [1.54, 1.807) is 12.1 Å². The van der Waals surface area contributed by atoms with Crippen LogP contribution >= 0.6 is 11.3 Å². The Morgan fingerprint density at radius 3 is 2.77 bits per heavy atom. The van der Waals surface area contributed by atoms with Crippen LogP contribution in [0.2, 0.25) is 0 Å². The van der Waals surface area contributed by atoms with Gasteiger partial charge < -0.3 is 10.1 Å². The van der Waals surface area contributed by atoms with Gasteiger partial charge in [-0.25, -0.2) is 8.42 Å². The van der Waals surface area contributed by atoms with E-state index in [4.69, 9.17) is 9.72 Å². The van der Waals surface area contributed by atoms with Crippen molar-refractivity contribution in [2.75, 3.05) is 26.3 Å². The van der Waals surface area contributed by atoms with Crippen LogP contribution < -0.4 is 5.32 Å². The number of amides is 1. The molecule has 1 amide bonds. The molecule has 1 aliphatic carbocycles. The van der Waals surface area contributed by atoms with Crippen LogP contribution in [0.15, 0.2) is 40.6 Å². The van der Waals surface area contributed by atoms with Crippen LogP contribution in [0.1, 0.15) is 32.9 Å². The fourth-order valence-electron chi connectivity index (χ4n) is 4.23. The quantitative estimate of drug-likeness (QED) is 0.637. The summed E-state index contributed by atoms with van der Waals surface area (Å²) >= 11 is 1.20. The molecule has 3 heterocycles. The average Bonchev–Trinajstić information content (AvgIpc) is 3.46. The largest absolute Gasteiger partial charge is 0.379 e. The molecule has 31 heavy (non-hydrogen) atoms. The summed E-state index contributed by atoms with van der Waals surface area (Å²) in [6.45, 7) is 1.85. The van der Waals surface area contributed by atoms with E-state index in [9.17, 15) is 13.2 Å². The predicted molar refractivity (Wildman–Crippen MR) is 119 cm³/mol. The summed E-state index contributed by atoms with van der Waals surface area (Å²) in [6.07, 6.45) is 2.76. The molecule has 1 aromatic carbocycles. The van der Waals surface area contributed by atoms with Gasteiger partial charge in [-0.05, 0) is 43.0 Å². The standard InChI is InChI=1S/C22H23N3O4S2/c26-22(21-16-4-1-2-6-18(16)24-19-7-3-5-17(19)21)23-14-15-8-9-20(30-15)31(27,28)25-10-12-29-13-11-25/h1-2,4,6,8-9H,3,5,7,10-14H2,(H,23,26). The number of hydrogen-bond acceptors (Lipinski definition) is 6. The highest BCUT2D eigenvalue weighted by molar-refractivity contribution is 7.91. The third kappa shape index (κ3) is 3.87. The van der Waals surface area contributed by atoms with Crippen molar-refractivity contribution in [3.8, 4) is 0 Å². The Kier molecular flexibility index (Phi) is 5.51. The Labute approximate surface area is 185 Å². The normalized spacial score (nSPS) is 17.0. The number of pyridine rings is 1. The van der Waals surface area contributed by atoms with Crippen molar-refractivity contribution in [3.05, 3.63) is 58.1 Å². The van der Waals surface area contributed by atoms with Crippen molar-refractivity contribution in [1.29, 1.82) is 0 Å². The van der Waals surface area contributed by atoms with E-state index in [1.165, 1.54) is 15.6 Å². The molecule has 0 bridgehead atoms. The molecule has 0 unspecified atom stereocenters. The molecule has 1 saturated heterocycles. The van der Waals surface area contributed by atoms with Crippen molar-refractivity contribution >= 4 is 38.2 Å². The summed E-state index contributed by atoms with van der Waals surface area (Å²) < 4.78 is 32.6. The maximum Gasteiger partial charge on any atom is 0.252 e. The smallest absolute Gasteiger partial charge is 0.252 e. The maximum atomic E-state index is 13.2. The van der Waals surface area contributed by atoms with Crippen LogP contribution in [0.4, 0.5) is 0 Å². The molecular weight excluding hydrogens is 434 g/mol. The summed E-state index contributed by atoms with van der Waals surface area (Å²) in [5.74, 6) is -0.136. The van der Waals surface area contributed by atoms with Crippen molar-refractivity contribution in [1.82, 2.24) is 14.6 Å². The number of rotatable bonds is 5. The molecule has 162 valence electrons. The Balaban J connectivity index is 1.36. The number of carbonyl (C=O) groups is 1. The van der Waals surface area contributed by atoms with Crippen LogP contribution in [0.3, 0.4) is 0 Å². The fourth-order valence-corrected chi connectivity index (χ4v) is 7.09. The van der Waals surface area contributed by atoms with E-state index in [0.29, 0.717) is 36.1 Å². The van der Waals surface area contributed by atoms with E-state index >= 15 is 0 Å². The van der Waals surface area contributed by atoms with Gasteiger partial charge >= 0.3 is 0 Å². The topological polar surface area (TPSA) is 88.6 Å². The Morgan fingerprint density at radius 1 is 1.13 bits per heavy atom. The van der Waals surface area contributed by atoms with Crippen molar-refractivity contribution in [2.45, 2.75) is 30.0 Å². The highest BCUT2D eigenvalue weighted by Gasteiger charge is 2.28. The van der Waals surface area contributed by atoms with Gasteiger partial charge in [-0.2, -0.15) is 4.31 Å². The average molecular weight is 458 g/mol. The number of nitrogens with one attached hydrogen (secondary N) is 1. The van der Waals surface area contributed by atoms with Gasteiger partial charge in [0.05, 0.1) is 30.8 Å². The molecular formula is C22H23N3O4S2. The first-order valence-corrected chi connectivity index (χ1v) is 12.6. The van der Waals surface area contributed by atoms with E-state index in [0.717, 1.165) is 46.3 Å². The minimum Gasteiger partial charge on any atom is -0.379 e. The number of fused-ring (bicyclic) bond motifs is 2. The minimum atomic E-state index is -3.52. The number of benzene rings is 1. The molecule has 1 fully saturated rings. The lowest BCUT2D eigenvalue weighted by atomic mass is 10.0. The number of hydrogen-bond donors (Lipinski definition) is 1. The Hall–Kier alpha value is -2.33. The molecule has 0 radical (unpaired) electrons. The van der Waals surface area contributed by atoms with Crippen molar-refractivity contribution in [2.24, 2.45) is 0 Å². The fraction of sp³-hybridized carbons (Fsp3) is 0.364. The molecule has 0 spiro atoms. The van der Waals surface area contributed by atoms with E-state index < -0.39 is 10.0 Å². The number of nitrogens with zero attached hydrogens (tertiary/aromatic N) is 2. The molecule has 0 saturated carbocycles. The number of carbonyl (C=O) groups excluding carboxylic acids is 1. The summed E-state index contributed by atoms with van der Waals surface area (Å²) in [5.41, 5.74) is 3.59. The number of para-hydroxylation sites is 1. The zero-order valence-electron chi connectivity index (χ0n) is 17.0. The molecule has 3 aromatic rings. The molecule has 1 N–H and O–H groups in total. The monoisotopic (exact) mass is 457 g/mol. The van der Waals surface area contributed by atoms with Gasteiger partial charge in [0.25, 0.3) is 15.9 Å². The number of sulfonamides is 1. The Morgan fingerprint density at radius 2 is 1.94 bits per heavy atom. The summed E-state index contributed by atoms with van der Waals surface area (Å²) in [7, 11) is -3.52. The molecule has 5 rings (SSSR count). The molecule has 2 aromatic heterocycles. The van der Waals surface area contributed by atoms with Crippen LogP contribution in [0.5, 0.6) is 0 Å². The second-order valence-corrected chi connectivity index (χ2v) is 11.0. The van der Waals surface area contributed by atoms with Gasteiger partial charge in [0.1, 0.15) is 4.21 Å². The molecule has 0 atom stereocenters. The molecule has 1 aliphatic heterocycles. The highest BCUT2D eigenvalue weighted by atomic mass is 32.2. The SMILES string of the molecule is O=C(NCc1ccc(S(=O)(=O)N2CCOCC2)s1)c1c2c(nc3ccccc13)CCC2. The number of aryl methyl sites for hydroxylation is 1. The predicted octanol–water partition coefficient (Wildman–Crippen LogP) is 2.74. The second kappa shape index (κ2) is 8.31. The van der Waals surface area contributed by atoms with Crippen molar-refractivity contribution in [3.63, 3.8) is 0 Å². The Bertz CT molecular complexity index is 1250. The van der Waals surface area contributed by atoms with Gasteiger partial charge in [-0.3, -0.25) is 9.78 Å². The first-order valence-electron chi connectivity index (χ1n) is 10.4. The molecule has 2 aliphatic rings. The van der Waals surface area contributed by atoms with E-state index in [1.807, 2.05) is 24.3 Å². The third-order valence-electron chi connectivity index (χ3n) is 5.77. The number of ether oxygens (including phenoxy) is 1. The highest BCUT2D eigenvalue weighted by Crippen LogP contribution is 2.30. The lowest BCUT2D eigenvalue weighted by molar-refractivity contribution is 0.0731. The van der Waals surface area contributed by atoms with Crippen LogP contribution in [-0.4, -0.2) is 49.9 Å². The van der Waals surface area contributed by atoms with Gasteiger partial charge in [0.2, 0.25) is 0 Å². The summed E-state index contributed by atoms with van der Waals surface area (Å²) in [4.78, 5) is 18.7. The summed E-state index contributed by atoms with van der Waals surface area (Å²) in [5, 5.41) is 3.86. The number of aromatic nitrogens is 1. The number of morpholine rings is 1. The summed E-state index contributed by atoms with van der Waals surface area (Å²) in [6, 6.07) is 11.1. The van der Waals surface area contributed by atoms with E-state index in [-0.39, 0.29) is 12.5 Å². The van der Waals surface area contributed by atoms with Gasteiger partial charge in [-0.1, -0.05) is 18.2 Å². The molecule has 9 heteroatoms. The minimum absolute atomic E-state index is 0.136. The first-order chi connectivity index (χ1) is 15.0. The lowest BCUT2D eigenvalue weighted by Gasteiger charge is -2.25. The van der Waals surface area contributed by atoms with Gasteiger partial charge in [0.15, 0.2) is 0 Å². The lowest BCUT2D eigenvalue weighted by Crippen LogP contribution is -2.40. The van der Waals surface area contributed by atoms with Crippen LogP contribution in [0, 0.1) is 0 Å². The zero-order valence-corrected chi connectivity index (χ0v) is 18.6.